The van der Waals surface area contributed by atoms with E-state index in [9.17, 15) is 8.42 Å². The van der Waals surface area contributed by atoms with E-state index in [2.05, 4.69) is 36.5 Å². The van der Waals surface area contributed by atoms with E-state index in [1.165, 1.54) is 11.8 Å². The minimum Gasteiger partial charge on any atom is -0.312 e. The SMILES string of the molecule is C[C@@H](CNCc1cccc(CS(C)(=O)=O)c1)c1ccccc1. The Morgan fingerprint density at radius 3 is 2.36 bits per heavy atom. The maximum Gasteiger partial charge on any atom is 0.151 e. The third-order valence-corrected chi connectivity index (χ3v) is 4.43. The summed E-state index contributed by atoms with van der Waals surface area (Å²) in [6.07, 6.45) is 1.26. The lowest BCUT2D eigenvalue weighted by Crippen LogP contribution is -2.19. The molecule has 0 spiro atoms. The molecule has 1 N–H and O–H groups in total. The number of rotatable bonds is 7. The average molecular weight is 317 g/mol. The summed E-state index contributed by atoms with van der Waals surface area (Å²) in [7, 11) is -2.98. The van der Waals surface area contributed by atoms with Gasteiger partial charge in [-0.3, -0.25) is 0 Å². The lowest BCUT2D eigenvalue weighted by atomic mass is 10.0. The van der Waals surface area contributed by atoms with Gasteiger partial charge in [-0.05, 0) is 22.6 Å². The van der Waals surface area contributed by atoms with Crippen LogP contribution < -0.4 is 5.32 Å². The molecule has 0 aromatic heterocycles. The zero-order chi connectivity index (χ0) is 16.0. The first-order valence-corrected chi connectivity index (χ1v) is 9.51. The lowest BCUT2D eigenvalue weighted by Gasteiger charge is -2.13. The first-order valence-electron chi connectivity index (χ1n) is 7.45. The molecule has 0 bridgehead atoms. The summed E-state index contributed by atoms with van der Waals surface area (Å²) in [6.45, 7) is 3.83. The van der Waals surface area contributed by atoms with Gasteiger partial charge in [0.15, 0.2) is 9.84 Å². The van der Waals surface area contributed by atoms with Gasteiger partial charge in [-0.15, -0.1) is 0 Å². The monoisotopic (exact) mass is 317 g/mol. The standard InChI is InChI=1S/C18H23NO2S/c1-15(18-9-4-3-5-10-18)12-19-13-16-7-6-8-17(11-16)14-22(2,20)21/h3-11,15,19H,12-14H2,1-2H3/t15-/m0/s1. The van der Waals surface area contributed by atoms with Crippen LogP contribution in [0.1, 0.15) is 29.5 Å². The van der Waals surface area contributed by atoms with Crippen LogP contribution in [0.3, 0.4) is 0 Å². The molecular formula is C18H23NO2S. The van der Waals surface area contributed by atoms with Crippen molar-refractivity contribution in [2.24, 2.45) is 0 Å². The van der Waals surface area contributed by atoms with Gasteiger partial charge in [0.25, 0.3) is 0 Å². The summed E-state index contributed by atoms with van der Waals surface area (Å²) in [6, 6.07) is 18.2. The number of nitrogens with one attached hydrogen (secondary N) is 1. The van der Waals surface area contributed by atoms with Crippen molar-refractivity contribution >= 4 is 9.84 Å². The molecule has 0 aliphatic heterocycles. The highest BCUT2D eigenvalue weighted by atomic mass is 32.2. The summed E-state index contributed by atoms with van der Waals surface area (Å²) in [5.74, 6) is 0.543. The van der Waals surface area contributed by atoms with Gasteiger partial charge in [-0.25, -0.2) is 8.42 Å². The Labute approximate surface area is 133 Å². The molecule has 2 rings (SSSR count). The molecule has 0 amide bonds. The number of hydrogen-bond acceptors (Lipinski definition) is 3. The molecule has 118 valence electrons. The van der Waals surface area contributed by atoms with Crippen molar-refractivity contribution in [2.75, 3.05) is 12.8 Å². The normalized spacial score (nSPS) is 13.0. The zero-order valence-electron chi connectivity index (χ0n) is 13.1. The highest BCUT2D eigenvalue weighted by Crippen LogP contribution is 2.14. The molecular weight excluding hydrogens is 294 g/mol. The van der Waals surface area contributed by atoms with Gasteiger partial charge in [0.2, 0.25) is 0 Å². The Bertz CT molecular complexity index is 696. The van der Waals surface area contributed by atoms with Crippen LogP contribution in [0.2, 0.25) is 0 Å². The third kappa shape index (κ3) is 5.62. The summed E-state index contributed by atoms with van der Waals surface area (Å²) < 4.78 is 22.7. The number of hydrogen-bond donors (Lipinski definition) is 1. The van der Waals surface area contributed by atoms with E-state index in [4.69, 9.17) is 0 Å². The molecule has 0 aliphatic carbocycles. The van der Waals surface area contributed by atoms with Crippen LogP contribution in [0.25, 0.3) is 0 Å². The van der Waals surface area contributed by atoms with Crippen molar-refractivity contribution in [3.05, 3.63) is 71.3 Å². The van der Waals surface area contributed by atoms with Crippen molar-refractivity contribution < 1.29 is 8.42 Å². The maximum atomic E-state index is 11.4. The molecule has 0 fully saturated rings. The predicted molar refractivity (Wildman–Crippen MR) is 91.6 cm³/mol. The van der Waals surface area contributed by atoms with Gasteiger partial charge >= 0.3 is 0 Å². The molecule has 0 radical (unpaired) electrons. The van der Waals surface area contributed by atoms with E-state index >= 15 is 0 Å². The Morgan fingerprint density at radius 2 is 1.68 bits per heavy atom. The van der Waals surface area contributed by atoms with E-state index in [1.54, 1.807) is 0 Å². The largest absolute Gasteiger partial charge is 0.312 e. The van der Waals surface area contributed by atoms with Crippen LogP contribution in [-0.2, 0) is 22.1 Å². The molecule has 0 unspecified atom stereocenters. The van der Waals surface area contributed by atoms with Crippen LogP contribution >= 0.6 is 0 Å². The van der Waals surface area contributed by atoms with Crippen LogP contribution in [-0.4, -0.2) is 21.2 Å². The second-order valence-electron chi connectivity index (χ2n) is 5.83. The van der Waals surface area contributed by atoms with Gasteiger partial charge in [-0.2, -0.15) is 0 Å². The Hall–Kier alpha value is -1.65. The molecule has 3 nitrogen and oxygen atoms in total. The molecule has 2 aromatic rings. The summed E-state index contributed by atoms with van der Waals surface area (Å²) in [4.78, 5) is 0. The lowest BCUT2D eigenvalue weighted by molar-refractivity contribution is 0.601. The molecule has 0 saturated heterocycles. The second kappa shape index (κ2) is 7.56. The molecule has 2 aromatic carbocycles. The van der Waals surface area contributed by atoms with Gasteiger partial charge in [0, 0.05) is 19.3 Å². The Morgan fingerprint density at radius 1 is 1.00 bits per heavy atom. The van der Waals surface area contributed by atoms with E-state index in [1.807, 2.05) is 30.3 Å². The minimum atomic E-state index is -2.98. The average Bonchev–Trinajstić information content (AvgIpc) is 2.47. The van der Waals surface area contributed by atoms with Crippen molar-refractivity contribution in [1.82, 2.24) is 5.32 Å². The smallest absolute Gasteiger partial charge is 0.151 e. The van der Waals surface area contributed by atoms with E-state index in [0.717, 1.165) is 24.2 Å². The van der Waals surface area contributed by atoms with Gasteiger partial charge in [0.05, 0.1) is 5.75 Å². The quantitative estimate of drug-likeness (QED) is 0.853. The minimum absolute atomic E-state index is 0.0985. The van der Waals surface area contributed by atoms with Crippen LogP contribution in [0, 0.1) is 0 Å². The zero-order valence-corrected chi connectivity index (χ0v) is 13.9. The van der Waals surface area contributed by atoms with Crippen molar-refractivity contribution in [3.8, 4) is 0 Å². The molecule has 4 heteroatoms. The summed E-state index contributed by atoms with van der Waals surface area (Å²) in [5.41, 5.74) is 3.28. The van der Waals surface area contributed by atoms with Crippen molar-refractivity contribution in [1.29, 1.82) is 0 Å². The molecule has 0 heterocycles. The highest BCUT2D eigenvalue weighted by Gasteiger charge is 2.06. The molecule has 0 aliphatic rings. The maximum absolute atomic E-state index is 11.4. The van der Waals surface area contributed by atoms with E-state index < -0.39 is 9.84 Å². The van der Waals surface area contributed by atoms with E-state index in [-0.39, 0.29) is 5.75 Å². The van der Waals surface area contributed by atoms with Gasteiger partial charge < -0.3 is 5.32 Å². The summed E-state index contributed by atoms with van der Waals surface area (Å²) >= 11 is 0. The molecule has 0 saturated carbocycles. The number of sulfone groups is 1. The fraction of sp³-hybridized carbons (Fsp3) is 0.333. The molecule has 1 atom stereocenters. The fourth-order valence-corrected chi connectivity index (χ4v) is 3.25. The summed E-state index contributed by atoms with van der Waals surface area (Å²) in [5, 5.41) is 3.44. The van der Waals surface area contributed by atoms with Crippen molar-refractivity contribution in [2.45, 2.75) is 25.1 Å². The van der Waals surface area contributed by atoms with Crippen LogP contribution in [0.4, 0.5) is 0 Å². The first kappa shape index (κ1) is 16.7. The van der Waals surface area contributed by atoms with Gasteiger partial charge in [0.1, 0.15) is 0 Å². The van der Waals surface area contributed by atoms with Gasteiger partial charge in [-0.1, -0.05) is 61.5 Å². The van der Waals surface area contributed by atoms with E-state index in [0.29, 0.717) is 5.92 Å². The Balaban J connectivity index is 1.88. The Kier molecular flexibility index (Phi) is 5.75. The second-order valence-corrected chi connectivity index (χ2v) is 7.97. The predicted octanol–water partition coefficient (Wildman–Crippen LogP) is 3.12. The fourth-order valence-electron chi connectivity index (χ4n) is 2.46. The molecule has 22 heavy (non-hydrogen) atoms. The first-order chi connectivity index (χ1) is 10.4. The van der Waals surface area contributed by atoms with Crippen LogP contribution in [0.5, 0.6) is 0 Å². The number of benzene rings is 2. The van der Waals surface area contributed by atoms with Crippen molar-refractivity contribution in [3.63, 3.8) is 0 Å². The van der Waals surface area contributed by atoms with Crippen LogP contribution in [0.15, 0.2) is 54.6 Å². The third-order valence-electron chi connectivity index (χ3n) is 3.57. The highest BCUT2D eigenvalue weighted by molar-refractivity contribution is 7.89. The topological polar surface area (TPSA) is 46.2 Å².